The van der Waals surface area contributed by atoms with Gasteiger partial charge in [0.15, 0.2) is 0 Å². The van der Waals surface area contributed by atoms with E-state index in [0.717, 1.165) is 45.1 Å². The van der Waals surface area contributed by atoms with Crippen molar-refractivity contribution in [2.75, 3.05) is 33.4 Å². The van der Waals surface area contributed by atoms with Gasteiger partial charge in [-0.05, 0) is 73.9 Å². The molecule has 2 heterocycles. The molecule has 0 aromatic heterocycles. The highest BCUT2D eigenvalue weighted by Gasteiger charge is 2.51. The Balaban J connectivity index is 1.41. The van der Waals surface area contributed by atoms with Gasteiger partial charge in [0.1, 0.15) is 0 Å². The summed E-state index contributed by atoms with van der Waals surface area (Å²) >= 11 is 0. The first-order valence-corrected chi connectivity index (χ1v) is 15.3. The van der Waals surface area contributed by atoms with Crippen LogP contribution in [0.4, 0.5) is 0 Å². The zero-order valence-corrected chi connectivity index (χ0v) is 23.0. The second kappa shape index (κ2) is 10.9. The molecule has 0 N–H and O–H groups in total. The number of methoxy groups -OCH3 is 1. The third-order valence-electron chi connectivity index (χ3n) is 9.03. The highest BCUT2D eigenvalue weighted by atomic mass is 32.2. The lowest BCUT2D eigenvalue weighted by Crippen LogP contribution is -2.68. The maximum absolute atomic E-state index is 13.7. The van der Waals surface area contributed by atoms with Gasteiger partial charge in [0.05, 0.1) is 11.9 Å². The topological polar surface area (TPSA) is 49.9 Å². The van der Waals surface area contributed by atoms with E-state index in [-0.39, 0.29) is 17.2 Å². The summed E-state index contributed by atoms with van der Waals surface area (Å²) in [6, 6.07) is 16.0. The molecule has 0 bridgehead atoms. The van der Waals surface area contributed by atoms with Gasteiger partial charge in [0, 0.05) is 38.2 Å². The van der Waals surface area contributed by atoms with Gasteiger partial charge in [-0.25, -0.2) is 12.7 Å². The molecule has 0 amide bonds. The Morgan fingerprint density at radius 2 is 1.64 bits per heavy atom. The fourth-order valence-corrected chi connectivity index (χ4v) is 8.91. The third kappa shape index (κ3) is 4.90. The van der Waals surface area contributed by atoms with Gasteiger partial charge >= 0.3 is 0 Å². The maximum Gasteiger partial charge on any atom is 0.217 e. The lowest BCUT2D eigenvalue weighted by Gasteiger charge is -2.57. The summed E-state index contributed by atoms with van der Waals surface area (Å²) in [4.78, 5) is 2.52. The molecule has 2 saturated heterocycles. The minimum Gasteiger partial charge on any atom is -0.383 e. The molecular weight excluding hydrogens is 468 g/mol. The monoisotopic (exact) mass is 510 g/mol. The predicted octanol–water partition coefficient (Wildman–Crippen LogP) is 5.51. The molecule has 5 nitrogen and oxygen atoms in total. The Kier molecular flexibility index (Phi) is 7.87. The van der Waals surface area contributed by atoms with Gasteiger partial charge in [-0.1, -0.05) is 61.7 Å². The SMILES string of the molecule is COC[C@@H]1C(c2ccc(-c3cccc(C)c3C)cc2)[C@@H]2CN(S(=O)(=O)C3CCCCC3)CCCCN12. The molecule has 2 aliphatic heterocycles. The number of fused-ring (bicyclic) bond motifs is 1. The maximum atomic E-state index is 13.7. The number of hydrogen-bond donors (Lipinski definition) is 0. The van der Waals surface area contributed by atoms with Crippen LogP contribution in [0, 0.1) is 13.8 Å². The van der Waals surface area contributed by atoms with E-state index in [9.17, 15) is 8.42 Å². The lowest BCUT2D eigenvalue weighted by molar-refractivity contribution is -0.0635. The number of ether oxygens (including phenoxy) is 1. The Bertz CT molecular complexity index is 1140. The third-order valence-corrected chi connectivity index (χ3v) is 11.4. The smallest absolute Gasteiger partial charge is 0.217 e. The molecule has 6 heteroatoms. The van der Waals surface area contributed by atoms with Crippen LogP contribution in [0.3, 0.4) is 0 Å². The number of benzene rings is 2. The van der Waals surface area contributed by atoms with Gasteiger partial charge in [0.2, 0.25) is 10.0 Å². The van der Waals surface area contributed by atoms with Gasteiger partial charge < -0.3 is 4.74 Å². The fourth-order valence-electron chi connectivity index (χ4n) is 6.81. The highest BCUT2D eigenvalue weighted by molar-refractivity contribution is 7.89. The van der Waals surface area contributed by atoms with Crippen LogP contribution in [0.1, 0.15) is 67.6 Å². The first kappa shape index (κ1) is 25.9. The van der Waals surface area contributed by atoms with Crippen molar-refractivity contribution in [2.24, 2.45) is 0 Å². The fraction of sp³-hybridized carbons (Fsp3) is 0.600. The van der Waals surface area contributed by atoms with Crippen LogP contribution in [0.2, 0.25) is 0 Å². The number of aryl methyl sites for hydroxylation is 1. The molecular formula is C30H42N2O3S. The van der Waals surface area contributed by atoms with E-state index in [1.807, 2.05) is 4.31 Å². The van der Waals surface area contributed by atoms with E-state index >= 15 is 0 Å². The van der Waals surface area contributed by atoms with Crippen LogP contribution >= 0.6 is 0 Å². The zero-order chi connectivity index (χ0) is 25.3. The Hall–Kier alpha value is -1.73. The van der Waals surface area contributed by atoms with Crippen molar-refractivity contribution >= 4 is 10.0 Å². The molecule has 0 spiro atoms. The highest BCUT2D eigenvalue weighted by Crippen LogP contribution is 2.43. The predicted molar refractivity (Wildman–Crippen MR) is 147 cm³/mol. The minimum absolute atomic E-state index is 0.190. The van der Waals surface area contributed by atoms with Crippen molar-refractivity contribution in [2.45, 2.75) is 82.0 Å². The summed E-state index contributed by atoms with van der Waals surface area (Å²) in [6.07, 6.45) is 6.86. The average molecular weight is 511 g/mol. The molecule has 1 saturated carbocycles. The molecule has 196 valence electrons. The van der Waals surface area contributed by atoms with Crippen molar-refractivity contribution in [3.8, 4) is 11.1 Å². The summed E-state index contributed by atoms with van der Waals surface area (Å²) in [6.45, 7) is 7.31. The van der Waals surface area contributed by atoms with Crippen LogP contribution in [0.5, 0.6) is 0 Å². The van der Waals surface area contributed by atoms with Crippen LogP contribution in [-0.2, 0) is 14.8 Å². The lowest BCUT2D eigenvalue weighted by atomic mass is 9.74. The van der Waals surface area contributed by atoms with Crippen LogP contribution < -0.4 is 0 Å². The van der Waals surface area contributed by atoms with Crippen molar-refractivity contribution in [1.29, 1.82) is 0 Å². The first-order chi connectivity index (χ1) is 17.4. The quantitative estimate of drug-likeness (QED) is 0.514. The van der Waals surface area contributed by atoms with E-state index < -0.39 is 10.0 Å². The number of sulfonamides is 1. The Morgan fingerprint density at radius 3 is 2.36 bits per heavy atom. The Morgan fingerprint density at radius 1 is 0.917 bits per heavy atom. The van der Waals surface area contributed by atoms with Crippen molar-refractivity contribution in [1.82, 2.24) is 9.21 Å². The minimum atomic E-state index is -3.26. The molecule has 3 aliphatic rings. The number of hydrogen-bond acceptors (Lipinski definition) is 4. The van der Waals surface area contributed by atoms with Gasteiger partial charge in [-0.2, -0.15) is 0 Å². The van der Waals surface area contributed by atoms with Crippen LogP contribution in [-0.4, -0.2) is 68.3 Å². The van der Waals surface area contributed by atoms with Gasteiger partial charge in [-0.15, -0.1) is 0 Å². The van der Waals surface area contributed by atoms with E-state index in [1.165, 1.54) is 34.2 Å². The van der Waals surface area contributed by atoms with E-state index in [2.05, 4.69) is 61.2 Å². The molecule has 36 heavy (non-hydrogen) atoms. The normalized spacial score (nSPS) is 26.6. The van der Waals surface area contributed by atoms with Gasteiger partial charge in [-0.3, -0.25) is 4.90 Å². The standard InChI is InChI=1S/C30H42N2O3S/c1-22-10-9-13-27(23(22)2)24-14-16-25(17-15-24)30-28-20-31(36(33,34)26-11-5-4-6-12-26)18-7-8-19-32(28)29(30)21-35-3/h9-10,13-17,26,28-30H,4-8,11-12,18-21H2,1-3H3/t28-,29+,30?/m0/s1. The zero-order valence-electron chi connectivity index (χ0n) is 22.2. The summed E-state index contributed by atoms with van der Waals surface area (Å²) < 4.78 is 34.9. The average Bonchev–Trinajstić information content (AvgIpc) is 2.87. The van der Waals surface area contributed by atoms with E-state index in [0.29, 0.717) is 25.7 Å². The number of rotatable bonds is 6. The van der Waals surface area contributed by atoms with Crippen LogP contribution in [0.25, 0.3) is 11.1 Å². The van der Waals surface area contributed by atoms with Crippen molar-refractivity contribution in [3.63, 3.8) is 0 Å². The largest absolute Gasteiger partial charge is 0.383 e. The molecule has 1 aliphatic carbocycles. The molecule has 2 aromatic carbocycles. The summed E-state index contributed by atoms with van der Waals surface area (Å²) in [5.74, 6) is 0.278. The van der Waals surface area contributed by atoms with E-state index in [1.54, 1.807) is 7.11 Å². The van der Waals surface area contributed by atoms with Gasteiger partial charge in [0.25, 0.3) is 0 Å². The molecule has 3 fully saturated rings. The molecule has 0 radical (unpaired) electrons. The van der Waals surface area contributed by atoms with Crippen LogP contribution in [0.15, 0.2) is 42.5 Å². The van der Waals surface area contributed by atoms with Crippen molar-refractivity contribution in [3.05, 3.63) is 59.2 Å². The summed E-state index contributed by atoms with van der Waals surface area (Å²) in [5.41, 5.74) is 6.43. The molecule has 3 atom stereocenters. The second-order valence-electron chi connectivity index (χ2n) is 11.1. The molecule has 5 rings (SSSR count). The second-order valence-corrected chi connectivity index (χ2v) is 13.3. The Labute approximate surface area is 217 Å². The summed E-state index contributed by atoms with van der Waals surface area (Å²) in [7, 11) is -1.48. The van der Waals surface area contributed by atoms with Crippen molar-refractivity contribution < 1.29 is 13.2 Å². The molecule has 2 aromatic rings. The first-order valence-electron chi connectivity index (χ1n) is 13.8. The molecule has 1 unspecified atom stereocenters. The number of nitrogens with zero attached hydrogens (tertiary/aromatic N) is 2. The van der Waals surface area contributed by atoms with E-state index in [4.69, 9.17) is 4.74 Å². The summed E-state index contributed by atoms with van der Waals surface area (Å²) in [5, 5.41) is -0.190.